The molecule has 0 saturated carbocycles. The molecule has 0 rings (SSSR count). The zero-order chi connectivity index (χ0) is 41.1. The third-order valence-electron chi connectivity index (χ3n) is 10.8. The monoisotopic (exact) mass is 821 g/mol. The first-order chi connectivity index (χ1) is 27.3. The Morgan fingerprint density at radius 2 is 0.804 bits per heavy atom. The molecule has 0 aromatic rings. The lowest BCUT2D eigenvalue weighted by molar-refractivity contribution is -0.154. The van der Waals surface area contributed by atoms with Crippen LogP contribution in [0, 0.1) is 0 Å². The Morgan fingerprint density at radius 3 is 1.16 bits per heavy atom. The summed E-state index contributed by atoms with van der Waals surface area (Å²) in [5.41, 5.74) is 0. The van der Waals surface area contributed by atoms with Crippen molar-refractivity contribution >= 4 is 13.8 Å². The molecule has 0 fully saturated rings. The van der Waals surface area contributed by atoms with E-state index in [1.165, 1.54) is 193 Å². The summed E-state index contributed by atoms with van der Waals surface area (Å²) in [7, 11) is -4.51. The minimum atomic E-state index is -4.51. The normalized spacial score (nSPS) is 13.9. The van der Waals surface area contributed by atoms with Gasteiger partial charge in [0, 0.05) is 13.0 Å². The molecule has 3 atom stereocenters. The lowest BCUT2D eigenvalue weighted by Gasteiger charge is -2.20. The molecule has 0 aromatic carbocycles. The lowest BCUT2D eigenvalue weighted by atomic mass is 10.0. The first kappa shape index (κ1) is 55.5. The maximum absolute atomic E-state index is 12.6. The van der Waals surface area contributed by atoms with Gasteiger partial charge < -0.3 is 24.6 Å². The highest BCUT2D eigenvalue weighted by Gasteiger charge is 2.26. The minimum absolute atomic E-state index is 0.0582. The van der Waals surface area contributed by atoms with Crippen LogP contribution in [-0.4, -0.2) is 66.3 Å². The van der Waals surface area contributed by atoms with E-state index in [0.29, 0.717) is 6.61 Å². The van der Waals surface area contributed by atoms with Crippen LogP contribution in [-0.2, 0) is 27.9 Å². The molecule has 336 valence electrons. The first-order valence-corrected chi connectivity index (χ1v) is 25.5. The SMILES string of the molecule is CCCCCCCCCCCCCCCCCCCCCCCCCCOCC(COP(=O)(O)OCC(O)CO)OC(=O)CCCCCCCCCCCCC. The van der Waals surface area contributed by atoms with E-state index < -0.39 is 33.2 Å². The van der Waals surface area contributed by atoms with E-state index in [-0.39, 0.29) is 25.6 Å². The highest BCUT2D eigenvalue weighted by Crippen LogP contribution is 2.43. The molecule has 0 heterocycles. The van der Waals surface area contributed by atoms with Gasteiger partial charge in [-0.3, -0.25) is 13.8 Å². The van der Waals surface area contributed by atoms with Crippen LogP contribution in [0.5, 0.6) is 0 Å². The number of carbonyl (C=O) groups is 1. The van der Waals surface area contributed by atoms with Crippen molar-refractivity contribution in [2.24, 2.45) is 0 Å². The average Bonchev–Trinajstić information content (AvgIpc) is 3.19. The summed E-state index contributed by atoms with van der Waals surface area (Å²) >= 11 is 0. The van der Waals surface area contributed by atoms with Crippen molar-refractivity contribution in [3.05, 3.63) is 0 Å². The van der Waals surface area contributed by atoms with Crippen LogP contribution in [0.2, 0.25) is 0 Å². The van der Waals surface area contributed by atoms with Gasteiger partial charge in [-0.15, -0.1) is 0 Å². The third kappa shape index (κ3) is 43.0. The van der Waals surface area contributed by atoms with E-state index in [1.807, 2.05) is 0 Å². The van der Waals surface area contributed by atoms with Crippen LogP contribution in [0.25, 0.3) is 0 Å². The van der Waals surface area contributed by atoms with E-state index in [0.717, 1.165) is 32.1 Å². The number of phosphoric acid groups is 1. The Kier molecular flexibility index (Phi) is 43.6. The topological polar surface area (TPSA) is 132 Å². The van der Waals surface area contributed by atoms with E-state index >= 15 is 0 Å². The smallest absolute Gasteiger partial charge is 0.457 e. The minimum Gasteiger partial charge on any atom is -0.457 e. The lowest BCUT2D eigenvalue weighted by Crippen LogP contribution is -2.29. The standard InChI is InChI=1S/C46H93O9P/c1-3-5-7-9-11-13-15-16-17-18-19-20-21-22-23-24-25-26-27-29-31-33-35-37-39-52-42-45(43-54-56(50,51)53-41-44(48)40-47)55-46(49)38-36-34-32-30-28-14-12-10-8-6-4-2/h44-45,47-48H,3-43H2,1-2H3,(H,50,51). The molecule has 0 aliphatic carbocycles. The van der Waals surface area contributed by atoms with Crippen LogP contribution < -0.4 is 0 Å². The predicted octanol–water partition coefficient (Wildman–Crippen LogP) is 13.5. The number of rotatable bonds is 47. The molecule has 0 saturated heterocycles. The van der Waals surface area contributed by atoms with Crippen molar-refractivity contribution in [1.29, 1.82) is 0 Å². The van der Waals surface area contributed by atoms with E-state index in [1.54, 1.807) is 0 Å². The van der Waals surface area contributed by atoms with E-state index in [4.69, 9.17) is 23.6 Å². The maximum Gasteiger partial charge on any atom is 0.472 e. The second-order valence-corrected chi connectivity index (χ2v) is 18.0. The second-order valence-electron chi connectivity index (χ2n) is 16.5. The van der Waals surface area contributed by atoms with Gasteiger partial charge in [-0.2, -0.15) is 0 Å². The van der Waals surface area contributed by atoms with Gasteiger partial charge in [0.15, 0.2) is 0 Å². The number of aliphatic hydroxyl groups is 2. The van der Waals surface area contributed by atoms with Crippen molar-refractivity contribution in [2.75, 3.05) is 33.0 Å². The van der Waals surface area contributed by atoms with Gasteiger partial charge in [0.2, 0.25) is 0 Å². The number of hydrogen-bond acceptors (Lipinski definition) is 8. The van der Waals surface area contributed by atoms with Crippen LogP contribution >= 0.6 is 7.82 Å². The van der Waals surface area contributed by atoms with Crippen LogP contribution in [0.15, 0.2) is 0 Å². The van der Waals surface area contributed by atoms with Crippen molar-refractivity contribution in [3.8, 4) is 0 Å². The van der Waals surface area contributed by atoms with Crippen LogP contribution in [0.1, 0.15) is 245 Å². The summed E-state index contributed by atoms with van der Waals surface area (Å²) in [6.45, 7) is 3.57. The summed E-state index contributed by atoms with van der Waals surface area (Å²) < 4.78 is 33.4. The van der Waals surface area contributed by atoms with Crippen LogP contribution in [0.4, 0.5) is 0 Å². The molecule has 56 heavy (non-hydrogen) atoms. The fourth-order valence-corrected chi connectivity index (χ4v) is 7.91. The van der Waals surface area contributed by atoms with E-state index in [9.17, 15) is 19.4 Å². The summed E-state index contributed by atoms with van der Waals surface area (Å²) in [5.74, 6) is -0.377. The van der Waals surface area contributed by atoms with Crippen LogP contribution in [0.3, 0.4) is 0 Å². The average molecular weight is 821 g/mol. The third-order valence-corrected chi connectivity index (χ3v) is 11.7. The maximum atomic E-state index is 12.6. The fraction of sp³-hybridized carbons (Fsp3) is 0.978. The molecule has 0 aliphatic heterocycles. The van der Waals surface area contributed by atoms with Gasteiger partial charge in [0.1, 0.15) is 12.2 Å². The molecule has 0 spiro atoms. The molecular formula is C46H93O9P. The van der Waals surface area contributed by atoms with E-state index in [2.05, 4.69) is 13.8 Å². The largest absolute Gasteiger partial charge is 0.472 e. The zero-order valence-electron chi connectivity index (χ0n) is 36.9. The molecular weight excluding hydrogens is 727 g/mol. The van der Waals surface area contributed by atoms with Gasteiger partial charge in [-0.25, -0.2) is 4.57 Å². The predicted molar refractivity (Wildman–Crippen MR) is 233 cm³/mol. The van der Waals surface area contributed by atoms with Crippen molar-refractivity contribution in [3.63, 3.8) is 0 Å². The van der Waals surface area contributed by atoms with Crippen molar-refractivity contribution < 1.29 is 43.0 Å². The summed E-state index contributed by atoms with van der Waals surface area (Å²) in [6, 6.07) is 0. The Hall–Kier alpha value is -0.540. The number of carbonyl (C=O) groups excluding carboxylic acids is 1. The molecule has 0 aliphatic rings. The number of hydrogen-bond donors (Lipinski definition) is 3. The Labute approximate surface area is 346 Å². The molecule has 0 radical (unpaired) electrons. The molecule has 9 nitrogen and oxygen atoms in total. The van der Waals surface area contributed by atoms with Gasteiger partial charge in [-0.1, -0.05) is 226 Å². The summed E-state index contributed by atoms with van der Waals surface area (Å²) in [4.78, 5) is 22.5. The number of phosphoric ester groups is 1. The van der Waals surface area contributed by atoms with Gasteiger partial charge in [-0.05, 0) is 12.8 Å². The quantitative estimate of drug-likeness (QED) is 0.0312. The first-order valence-electron chi connectivity index (χ1n) is 24.0. The van der Waals surface area contributed by atoms with Gasteiger partial charge >= 0.3 is 13.8 Å². The fourth-order valence-electron chi connectivity index (χ4n) is 7.12. The zero-order valence-corrected chi connectivity index (χ0v) is 37.8. The Balaban J connectivity index is 3.94. The molecule has 3 unspecified atom stereocenters. The Bertz CT molecular complexity index is 845. The number of ether oxygens (including phenoxy) is 2. The second kappa shape index (κ2) is 44.0. The van der Waals surface area contributed by atoms with Gasteiger partial charge in [0.25, 0.3) is 0 Å². The highest BCUT2D eigenvalue weighted by molar-refractivity contribution is 7.47. The highest BCUT2D eigenvalue weighted by atomic mass is 31.2. The molecule has 10 heteroatoms. The molecule has 3 N–H and O–H groups in total. The molecule has 0 amide bonds. The number of esters is 1. The van der Waals surface area contributed by atoms with Crippen molar-refractivity contribution in [2.45, 2.75) is 257 Å². The summed E-state index contributed by atoms with van der Waals surface area (Å²) in [6.07, 6.45) is 43.7. The van der Waals surface area contributed by atoms with Crippen molar-refractivity contribution in [1.82, 2.24) is 0 Å². The number of aliphatic hydroxyl groups excluding tert-OH is 2. The molecule has 0 bridgehead atoms. The Morgan fingerprint density at radius 1 is 0.482 bits per heavy atom. The summed E-state index contributed by atoms with van der Waals surface area (Å²) in [5, 5.41) is 18.3. The number of unbranched alkanes of at least 4 members (excludes halogenated alkanes) is 33. The van der Waals surface area contributed by atoms with Gasteiger partial charge in [0.05, 0.1) is 26.4 Å². The molecule has 0 aromatic heterocycles.